The zero-order valence-electron chi connectivity index (χ0n) is 12.9. The van der Waals surface area contributed by atoms with Gasteiger partial charge in [0, 0.05) is 11.9 Å². The van der Waals surface area contributed by atoms with Crippen LogP contribution in [0.25, 0.3) is 5.69 Å². The maximum atomic E-state index is 12.2. The Balaban J connectivity index is 1.53. The Kier molecular flexibility index (Phi) is 5.55. The second kappa shape index (κ2) is 7.83. The van der Waals surface area contributed by atoms with Crippen molar-refractivity contribution >= 4 is 40.6 Å². The van der Waals surface area contributed by atoms with Crippen LogP contribution in [0.3, 0.4) is 0 Å². The molecule has 3 rings (SSSR count). The van der Waals surface area contributed by atoms with Crippen molar-refractivity contribution in [2.24, 2.45) is 0 Å². The van der Waals surface area contributed by atoms with Crippen LogP contribution in [0, 0.1) is 0 Å². The molecule has 0 unspecified atom stereocenters. The fraction of sp³-hybridized carbons (Fsp3) is 0.188. The van der Waals surface area contributed by atoms with Gasteiger partial charge in [-0.05, 0) is 24.3 Å². The highest BCUT2D eigenvalue weighted by molar-refractivity contribution is 7.99. The molecule has 8 heteroatoms. The Labute approximate surface area is 153 Å². The van der Waals surface area contributed by atoms with Crippen LogP contribution in [0.5, 0.6) is 0 Å². The Morgan fingerprint density at radius 3 is 2.79 bits per heavy atom. The standard InChI is InChI=1S/C16H15ClN4OS2/c1-20(9-13-7-8-14(17)24-13)15(22)10-23-16-18-11-21(19-16)12-5-3-2-4-6-12/h2-8,11H,9-10H2,1H3. The summed E-state index contributed by atoms with van der Waals surface area (Å²) in [5.74, 6) is 0.328. The molecule has 2 aromatic heterocycles. The van der Waals surface area contributed by atoms with Gasteiger partial charge in [-0.1, -0.05) is 41.6 Å². The number of thioether (sulfide) groups is 1. The van der Waals surface area contributed by atoms with Crippen molar-refractivity contribution in [3.8, 4) is 5.69 Å². The number of para-hydroxylation sites is 1. The third kappa shape index (κ3) is 4.37. The van der Waals surface area contributed by atoms with Gasteiger partial charge in [0.05, 0.1) is 22.3 Å². The number of carbonyl (C=O) groups excluding carboxylic acids is 1. The Morgan fingerprint density at radius 2 is 2.08 bits per heavy atom. The maximum Gasteiger partial charge on any atom is 0.233 e. The van der Waals surface area contributed by atoms with E-state index in [0.717, 1.165) is 14.9 Å². The molecule has 2 heterocycles. The van der Waals surface area contributed by atoms with Gasteiger partial charge in [-0.3, -0.25) is 4.79 Å². The molecular weight excluding hydrogens is 364 g/mol. The molecule has 0 aliphatic carbocycles. The number of halogens is 1. The number of nitrogens with zero attached hydrogens (tertiary/aromatic N) is 4. The summed E-state index contributed by atoms with van der Waals surface area (Å²) < 4.78 is 2.43. The predicted octanol–water partition coefficient (Wildman–Crippen LogP) is 3.73. The van der Waals surface area contributed by atoms with Crippen LogP contribution in [0.1, 0.15) is 4.88 Å². The lowest BCUT2D eigenvalue weighted by atomic mass is 10.3. The van der Waals surface area contributed by atoms with Gasteiger partial charge in [-0.2, -0.15) is 0 Å². The van der Waals surface area contributed by atoms with E-state index in [-0.39, 0.29) is 5.91 Å². The number of amides is 1. The average molecular weight is 379 g/mol. The molecular formula is C16H15ClN4OS2. The first kappa shape index (κ1) is 17.0. The average Bonchev–Trinajstić information content (AvgIpc) is 3.22. The van der Waals surface area contributed by atoms with E-state index in [1.807, 2.05) is 42.5 Å². The number of hydrogen-bond acceptors (Lipinski definition) is 5. The number of rotatable bonds is 6. The first-order valence-corrected chi connectivity index (χ1v) is 9.38. The number of aromatic nitrogens is 3. The topological polar surface area (TPSA) is 51.0 Å². The SMILES string of the molecule is CN(Cc1ccc(Cl)s1)C(=O)CSc1ncn(-c2ccccc2)n1. The van der Waals surface area contributed by atoms with Crippen molar-refractivity contribution in [1.29, 1.82) is 0 Å². The van der Waals surface area contributed by atoms with Crippen molar-refractivity contribution in [3.63, 3.8) is 0 Å². The molecule has 0 aliphatic rings. The van der Waals surface area contributed by atoms with E-state index >= 15 is 0 Å². The van der Waals surface area contributed by atoms with Crippen molar-refractivity contribution in [2.45, 2.75) is 11.7 Å². The van der Waals surface area contributed by atoms with Crippen LogP contribution in [-0.2, 0) is 11.3 Å². The predicted molar refractivity (Wildman–Crippen MR) is 97.9 cm³/mol. The summed E-state index contributed by atoms with van der Waals surface area (Å²) in [5.41, 5.74) is 0.940. The van der Waals surface area contributed by atoms with Gasteiger partial charge < -0.3 is 4.90 Å². The second-order valence-corrected chi connectivity index (χ2v) is 7.79. The first-order valence-electron chi connectivity index (χ1n) is 7.20. The monoisotopic (exact) mass is 378 g/mol. The van der Waals surface area contributed by atoms with Gasteiger partial charge in [0.15, 0.2) is 0 Å². The summed E-state index contributed by atoms with van der Waals surface area (Å²) in [5, 5.41) is 4.96. The lowest BCUT2D eigenvalue weighted by molar-refractivity contribution is -0.127. The summed E-state index contributed by atoms with van der Waals surface area (Å²) in [7, 11) is 1.78. The maximum absolute atomic E-state index is 12.2. The summed E-state index contributed by atoms with van der Waals surface area (Å²) in [4.78, 5) is 19.2. The van der Waals surface area contributed by atoms with E-state index in [0.29, 0.717) is 17.5 Å². The molecule has 24 heavy (non-hydrogen) atoms. The van der Waals surface area contributed by atoms with Gasteiger partial charge in [0.25, 0.3) is 0 Å². The number of benzene rings is 1. The molecule has 1 amide bonds. The normalized spacial score (nSPS) is 10.8. The van der Waals surface area contributed by atoms with Crippen molar-refractivity contribution in [2.75, 3.05) is 12.8 Å². The number of hydrogen-bond donors (Lipinski definition) is 0. The quantitative estimate of drug-likeness (QED) is 0.613. The smallest absolute Gasteiger partial charge is 0.233 e. The van der Waals surface area contributed by atoms with Crippen molar-refractivity contribution in [3.05, 3.63) is 58.0 Å². The second-order valence-electron chi connectivity index (χ2n) is 5.05. The van der Waals surface area contributed by atoms with Crippen LogP contribution in [0.15, 0.2) is 53.9 Å². The zero-order valence-corrected chi connectivity index (χ0v) is 15.3. The van der Waals surface area contributed by atoms with E-state index in [1.165, 1.54) is 23.1 Å². The molecule has 0 fully saturated rings. The molecule has 3 aromatic rings. The number of carbonyl (C=O) groups is 1. The minimum absolute atomic E-state index is 0.0283. The summed E-state index contributed by atoms with van der Waals surface area (Å²) in [6.45, 7) is 0.558. The largest absolute Gasteiger partial charge is 0.340 e. The highest BCUT2D eigenvalue weighted by atomic mass is 35.5. The first-order chi connectivity index (χ1) is 11.6. The van der Waals surface area contributed by atoms with E-state index in [9.17, 15) is 4.79 Å². The van der Waals surface area contributed by atoms with E-state index in [1.54, 1.807) is 23.0 Å². The van der Waals surface area contributed by atoms with Gasteiger partial charge in [-0.25, -0.2) is 9.67 Å². The van der Waals surface area contributed by atoms with Gasteiger partial charge in [0.2, 0.25) is 11.1 Å². The van der Waals surface area contributed by atoms with Crippen LogP contribution in [-0.4, -0.2) is 38.4 Å². The minimum Gasteiger partial charge on any atom is -0.340 e. The molecule has 0 saturated heterocycles. The van der Waals surface area contributed by atoms with Crippen LogP contribution >= 0.6 is 34.7 Å². The molecule has 0 radical (unpaired) electrons. The fourth-order valence-corrected chi connectivity index (χ4v) is 3.90. The Bertz CT molecular complexity index is 818. The molecule has 0 atom stereocenters. The fourth-order valence-electron chi connectivity index (χ4n) is 2.01. The molecule has 0 spiro atoms. The van der Waals surface area contributed by atoms with E-state index < -0.39 is 0 Å². The Hall–Kier alpha value is -1.83. The molecule has 0 saturated carbocycles. The van der Waals surface area contributed by atoms with Crippen molar-refractivity contribution in [1.82, 2.24) is 19.7 Å². The molecule has 1 aromatic carbocycles. The molecule has 0 aliphatic heterocycles. The number of thiophene rings is 1. The minimum atomic E-state index is 0.0283. The third-order valence-electron chi connectivity index (χ3n) is 3.26. The van der Waals surface area contributed by atoms with Crippen LogP contribution in [0.4, 0.5) is 0 Å². The summed E-state index contributed by atoms with van der Waals surface area (Å²) >= 11 is 8.73. The lowest BCUT2D eigenvalue weighted by Crippen LogP contribution is -2.27. The van der Waals surface area contributed by atoms with Crippen molar-refractivity contribution < 1.29 is 4.79 Å². The van der Waals surface area contributed by atoms with Gasteiger partial charge in [-0.15, -0.1) is 16.4 Å². The lowest BCUT2D eigenvalue weighted by Gasteiger charge is -2.15. The molecule has 0 N–H and O–H groups in total. The van der Waals surface area contributed by atoms with Crippen LogP contribution < -0.4 is 0 Å². The highest BCUT2D eigenvalue weighted by Crippen LogP contribution is 2.23. The third-order valence-corrected chi connectivity index (χ3v) is 5.32. The zero-order chi connectivity index (χ0) is 16.9. The van der Waals surface area contributed by atoms with E-state index in [4.69, 9.17) is 11.6 Å². The molecule has 0 bridgehead atoms. The summed E-state index contributed by atoms with van der Waals surface area (Å²) in [6, 6.07) is 13.5. The van der Waals surface area contributed by atoms with Gasteiger partial charge >= 0.3 is 0 Å². The van der Waals surface area contributed by atoms with E-state index in [2.05, 4.69) is 10.1 Å². The Morgan fingerprint density at radius 1 is 1.29 bits per heavy atom. The molecule has 5 nitrogen and oxygen atoms in total. The highest BCUT2D eigenvalue weighted by Gasteiger charge is 2.13. The van der Waals surface area contributed by atoms with Gasteiger partial charge in [0.1, 0.15) is 6.33 Å². The summed E-state index contributed by atoms with van der Waals surface area (Å²) in [6.07, 6.45) is 1.65. The molecule has 124 valence electrons. The van der Waals surface area contributed by atoms with Crippen LogP contribution in [0.2, 0.25) is 4.34 Å².